The highest BCUT2D eigenvalue weighted by Crippen LogP contribution is 2.34. The Morgan fingerprint density at radius 1 is 0.963 bits per heavy atom. The number of likely N-dealkylation sites (N-methyl/N-ethyl adjacent to an activating group) is 1. The van der Waals surface area contributed by atoms with Gasteiger partial charge < -0.3 is 5.32 Å². The van der Waals surface area contributed by atoms with E-state index in [0.717, 1.165) is 29.7 Å². The van der Waals surface area contributed by atoms with Gasteiger partial charge in [0.1, 0.15) is 0 Å². The molecule has 0 saturated heterocycles. The van der Waals surface area contributed by atoms with E-state index in [9.17, 15) is 4.79 Å². The van der Waals surface area contributed by atoms with Crippen LogP contribution in [0.5, 0.6) is 0 Å². The number of hydrogen-bond acceptors (Lipinski definition) is 2. The molecule has 136 valence electrons. The van der Waals surface area contributed by atoms with Crippen LogP contribution in [0, 0.1) is 0 Å². The second-order valence-corrected chi connectivity index (χ2v) is 7.13. The fourth-order valence-corrected chi connectivity index (χ4v) is 3.98. The number of benzene rings is 3. The van der Waals surface area contributed by atoms with Gasteiger partial charge in [-0.05, 0) is 42.6 Å². The van der Waals surface area contributed by atoms with Crippen LogP contribution in [0.1, 0.15) is 23.6 Å². The molecule has 0 bridgehead atoms. The van der Waals surface area contributed by atoms with Gasteiger partial charge >= 0.3 is 0 Å². The van der Waals surface area contributed by atoms with Gasteiger partial charge in [0.2, 0.25) is 5.91 Å². The third kappa shape index (κ3) is 3.79. The molecule has 1 unspecified atom stereocenters. The highest BCUT2D eigenvalue weighted by atomic mass is 16.2. The average molecular weight is 356 g/mol. The van der Waals surface area contributed by atoms with Gasteiger partial charge in [-0.15, -0.1) is 0 Å². The van der Waals surface area contributed by atoms with Gasteiger partial charge in [0.15, 0.2) is 0 Å². The highest BCUT2D eigenvalue weighted by molar-refractivity contribution is 5.96. The zero-order valence-corrected chi connectivity index (χ0v) is 15.6. The van der Waals surface area contributed by atoms with Crippen LogP contribution in [-0.2, 0) is 11.2 Å². The first-order valence-corrected chi connectivity index (χ1v) is 9.45. The number of rotatable bonds is 5. The maximum atomic E-state index is 12.7. The standard InChI is InChI=1S/C24H24N2O/c1-26(23-16-15-19-11-5-6-13-21(19)23)17-24(27)25-22-14-8-7-12-20(22)18-9-3-2-4-10-18/h2-14,23H,15-17H2,1H3,(H,25,27). The topological polar surface area (TPSA) is 32.3 Å². The summed E-state index contributed by atoms with van der Waals surface area (Å²) in [6.45, 7) is 0.377. The van der Waals surface area contributed by atoms with Gasteiger partial charge in [-0.2, -0.15) is 0 Å². The summed E-state index contributed by atoms with van der Waals surface area (Å²) in [6, 6.07) is 27.0. The quantitative estimate of drug-likeness (QED) is 0.704. The normalized spacial score (nSPS) is 15.6. The van der Waals surface area contributed by atoms with E-state index >= 15 is 0 Å². The van der Waals surface area contributed by atoms with Crippen LogP contribution in [0.25, 0.3) is 11.1 Å². The molecule has 4 rings (SSSR count). The molecule has 0 aliphatic heterocycles. The lowest BCUT2D eigenvalue weighted by Gasteiger charge is -2.25. The van der Waals surface area contributed by atoms with E-state index in [2.05, 4.69) is 46.6 Å². The van der Waals surface area contributed by atoms with E-state index in [1.165, 1.54) is 11.1 Å². The number of nitrogens with one attached hydrogen (secondary N) is 1. The van der Waals surface area contributed by atoms with E-state index in [1.54, 1.807) is 0 Å². The summed E-state index contributed by atoms with van der Waals surface area (Å²) in [6.07, 6.45) is 2.16. The maximum Gasteiger partial charge on any atom is 0.238 e. The fourth-order valence-electron chi connectivity index (χ4n) is 3.98. The lowest BCUT2D eigenvalue weighted by atomic mass is 10.0. The van der Waals surface area contributed by atoms with Crippen molar-refractivity contribution in [1.29, 1.82) is 0 Å². The van der Waals surface area contributed by atoms with Crippen LogP contribution in [0.2, 0.25) is 0 Å². The number of nitrogens with zero attached hydrogens (tertiary/aromatic N) is 1. The Morgan fingerprint density at radius 3 is 2.52 bits per heavy atom. The summed E-state index contributed by atoms with van der Waals surface area (Å²) in [7, 11) is 2.04. The number of amides is 1. The molecule has 3 nitrogen and oxygen atoms in total. The molecule has 3 heteroatoms. The summed E-state index contributed by atoms with van der Waals surface area (Å²) in [5.74, 6) is 0.0188. The molecule has 0 heterocycles. The minimum atomic E-state index is 0.0188. The number of para-hydroxylation sites is 1. The number of carbonyl (C=O) groups excluding carboxylic acids is 1. The molecule has 0 spiro atoms. The van der Waals surface area contributed by atoms with Crippen molar-refractivity contribution in [3.05, 3.63) is 90.0 Å². The average Bonchev–Trinajstić information content (AvgIpc) is 3.13. The first-order chi connectivity index (χ1) is 13.2. The van der Waals surface area contributed by atoms with Crippen molar-refractivity contribution in [2.45, 2.75) is 18.9 Å². The van der Waals surface area contributed by atoms with Gasteiger partial charge in [0.25, 0.3) is 0 Å². The van der Waals surface area contributed by atoms with Gasteiger partial charge in [0.05, 0.1) is 6.54 Å². The fraction of sp³-hybridized carbons (Fsp3) is 0.208. The Labute approximate surface area is 160 Å². The Kier molecular flexibility index (Phi) is 5.03. The largest absolute Gasteiger partial charge is 0.324 e. The molecule has 1 aliphatic rings. The Balaban J connectivity index is 1.46. The zero-order valence-electron chi connectivity index (χ0n) is 15.6. The molecule has 1 aliphatic carbocycles. The highest BCUT2D eigenvalue weighted by Gasteiger charge is 2.26. The number of fused-ring (bicyclic) bond motifs is 1. The zero-order chi connectivity index (χ0) is 18.6. The number of hydrogen-bond donors (Lipinski definition) is 1. The molecule has 1 amide bonds. The maximum absolute atomic E-state index is 12.7. The number of carbonyl (C=O) groups is 1. The second-order valence-electron chi connectivity index (χ2n) is 7.13. The van der Waals surface area contributed by atoms with Crippen LogP contribution in [-0.4, -0.2) is 24.4 Å². The van der Waals surface area contributed by atoms with Crippen molar-refractivity contribution >= 4 is 11.6 Å². The minimum Gasteiger partial charge on any atom is -0.324 e. The van der Waals surface area contributed by atoms with Crippen molar-refractivity contribution in [3.63, 3.8) is 0 Å². The molecule has 3 aromatic carbocycles. The van der Waals surface area contributed by atoms with Crippen molar-refractivity contribution in [1.82, 2.24) is 4.90 Å². The number of anilines is 1. The molecular weight excluding hydrogens is 332 g/mol. The van der Waals surface area contributed by atoms with Crippen LogP contribution in [0.3, 0.4) is 0 Å². The molecule has 0 aromatic heterocycles. The van der Waals surface area contributed by atoms with Crippen molar-refractivity contribution in [2.75, 3.05) is 18.9 Å². The van der Waals surface area contributed by atoms with Crippen LogP contribution in [0.4, 0.5) is 5.69 Å². The Hall–Kier alpha value is -2.91. The van der Waals surface area contributed by atoms with Gasteiger partial charge in [-0.1, -0.05) is 72.8 Å². The lowest BCUT2D eigenvalue weighted by Crippen LogP contribution is -2.32. The van der Waals surface area contributed by atoms with Gasteiger partial charge in [-0.3, -0.25) is 9.69 Å². The smallest absolute Gasteiger partial charge is 0.238 e. The van der Waals surface area contributed by atoms with Crippen molar-refractivity contribution in [3.8, 4) is 11.1 Å². The predicted octanol–water partition coefficient (Wildman–Crippen LogP) is 4.91. The minimum absolute atomic E-state index is 0.0188. The molecule has 0 saturated carbocycles. The molecule has 1 atom stereocenters. The van der Waals surface area contributed by atoms with Gasteiger partial charge in [-0.25, -0.2) is 0 Å². The van der Waals surface area contributed by atoms with Gasteiger partial charge in [0, 0.05) is 17.3 Å². The molecule has 0 fully saturated rings. The molecule has 3 aromatic rings. The number of aryl methyl sites for hydroxylation is 1. The molecule has 0 radical (unpaired) electrons. The summed E-state index contributed by atoms with van der Waals surface area (Å²) in [5.41, 5.74) is 5.77. The third-order valence-electron chi connectivity index (χ3n) is 5.31. The predicted molar refractivity (Wildman–Crippen MR) is 111 cm³/mol. The van der Waals surface area contributed by atoms with Crippen LogP contribution < -0.4 is 5.32 Å². The van der Waals surface area contributed by atoms with E-state index < -0.39 is 0 Å². The summed E-state index contributed by atoms with van der Waals surface area (Å²) >= 11 is 0. The van der Waals surface area contributed by atoms with Crippen LogP contribution >= 0.6 is 0 Å². The summed E-state index contributed by atoms with van der Waals surface area (Å²) in [4.78, 5) is 14.9. The molecule has 1 N–H and O–H groups in total. The SMILES string of the molecule is CN(CC(=O)Nc1ccccc1-c1ccccc1)C1CCc2ccccc21. The monoisotopic (exact) mass is 356 g/mol. The van der Waals surface area contributed by atoms with Crippen molar-refractivity contribution in [2.24, 2.45) is 0 Å². The Bertz CT molecular complexity index is 936. The van der Waals surface area contributed by atoms with E-state index in [-0.39, 0.29) is 5.91 Å². The first-order valence-electron chi connectivity index (χ1n) is 9.45. The lowest BCUT2D eigenvalue weighted by molar-refractivity contribution is -0.117. The van der Waals surface area contributed by atoms with E-state index in [0.29, 0.717) is 12.6 Å². The summed E-state index contributed by atoms with van der Waals surface area (Å²) < 4.78 is 0. The molecular formula is C24H24N2O. The van der Waals surface area contributed by atoms with Crippen molar-refractivity contribution < 1.29 is 4.79 Å². The second kappa shape index (κ2) is 7.77. The van der Waals surface area contributed by atoms with E-state index in [1.807, 2.05) is 49.5 Å². The third-order valence-corrected chi connectivity index (χ3v) is 5.31. The van der Waals surface area contributed by atoms with Crippen LogP contribution in [0.15, 0.2) is 78.9 Å². The first kappa shape index (κ1) is 17.5. The summed E-state index contributed by atoms with van der Waals surface area (Å²) in [5, 5.41) is 3.11. The van der Waals surface area contributed by atoms with E-state index in [4.69, 9.17) is 0 Å². The Morgan fingerprint density at radius 2 is 1.67 bits per heavy atom. The molecule has 27 heavy (non-hydrogen) atoms.